The molecular weight excluding hydrogens is 379 g/mol. The van der Waals surface area contributed by atoms with Crippen LogP contribution in [0.25, 0.3) is 0 Å². The summed E-state index contributed by atoms with van der Waals surface area (Å²) < 4.78 is 24.7. The summed E-state index contributed by atoms with van der Waals surface area (Å²) >= 11 is 0. The van der Waals surface area contributed by atoms with Crippen molar-refractivity contribution in [3.63, 3.8) is 0 Å². The van der Waals surface area contributed by atoms with Gasteiger partial charge < -0.3 is 14.8 Å². The van der Waals surface area contributed by atoms with E-state index in [0.717, 1.165) is 17.7 Å². The fourth-order valence-electron chi connectivity index (χ4n) is 2.65. The molecule has 29 heavy (non-hydrogen) atoms. The highest BCUT2D eigenvalue weighted by molar-refractivity contribution is 5.94. The second-order valence-corrected chi connectivity index (χ2v) is 6.02. The molecule has 0 radical (unpaired) electrons. The number of hydrogen-bond acceptors (Lipinski definition) is 5. The number of nitro benzene ring substituents is 1. The number of para-hydroxylation sites is 1. The van der Waals surface area contributed by atoms with Crippen LogP contribution in [0.1, 0.15) is 15.9 Å². The summed E-state index contributed by atoms with van der Waals surface area (Å²) in [4.78, 5) is 22.6. The topological polar surface area (TPSA) is 90.7 Å². The van der Waals surface area contributed by atoms with E-state index in [2.05, 4.69) is 5.32 Å². The molecule has 7 nitrogen and oxygen atoms in total. The molecule has 0 bridgehead atoms. The predicted molar refractivity (Wildman–Crippen MR) is 104 cm³/mol. The number of carbonyl (C=O) groups is 1. The second-order valence-electron chi connectivity index (χ2n) is 6.02. The molecule has 0 aliphatic carbocycles. The Morgan fingerprint density at radius 2 is 1.79 bits per heavy atom. The van der Waals surface area contributed by atoms with E-state index in [1.54, 1.807) is 6.07 Å². The second kappa shape index (κ2) is 8.83. The van der Waals surface area contributed by atoms with E-state index < -0.39 is 16.6 Å². The van der Waals surface area contributed by atoms with Crippen molar-refractivity contribution in [2.45, 2.75) is 6.54 Å². The number of nitrogens with zero attached hydrogens (tertiary/aromatic N) is 1. The number of rotatable bonds is 7. The van der Waals surface area contributed by atoms with Gasteiger partial charge in [-0.25, -0.2) is 4.39 Å². The average Bonchev–Trinajstić information content (AvgIpc) is 2.72. The molecule has 3 rings (SSSR count). The minimum Gasteiger partial charge on any atom is -0.496 e. The van der Waals surface area contributed by atoms with Gasteiger partial charge in [-0.05, 0) is 30.3 Å². The van der Waals surface area contributed by atoms with Crippen LogP contribution in [0.4, 0.5) is 10.1 Å². The Bertz CT molecular complexity index is 1040. The maximum Gasteiger partial charge on any atom is 0.269 e. The first-order valence-corrected chi connectivity index (χ1v) is 8.59. The number of hydrogen-bond donors (Lipinski definition) is 1. The molecule has 148 valence electrons. The van der Waals surface area contributed by atoms with E-state index in [1.165, 1.54) is 37.4 Å². The standard InChI is InChI=1S/C21H17FN2O5/c1-28-20-5-3-2-4-14(20)13-23-21(25)15-10-16(22)12-19(11-15)29-18-8-6-17(7-9-18)24(26)27/h2-12H,13H2,1H3,(H,23,25). The van der Waals surface area contributed by atoms with Gasteiger partial charge in [0.25, 0.3) is 11.6 Å². The Morgan fingerprint density at radius 3 is 2.48 bits per heavy atom. The van der Waals surface area contributed by atoms with Crippen LogP contribution >= 0.6 is 0 Å². The van der Waals surface area contributed by atoms with Gasteiger partial charge in [0.15, 0.2) is 0 Å². The lowest BCUT2D eigenvalue weighted by atomic mass is 10.1. The summed E-state index contributed by atoms with van der Waals surface area (Å²) in [5, 5.41) is 13.4. The molecule has 3 aromatic rings. The van der Waals surface area contributed by atoms with Crippen molar-refractivity contribution in [1.29, 1.82) is 0 Å². The molecule has 0 saturated heterocycles. The summed E-state index contributed by atoms with van der Waals surface area (Å²) in [5.74, 6) is -0.118. The van der Waals surface area contributed by atoms with Crippen LogP contribution in [0.3, 0.4) is 0 Å². The Labute approximate surface area is 165 Å². The Balaban J connectivity index is 1.72. The number of benzene rings is 3. The zero-order valence-electron chi connectivity index (χ0n) is 15.4. The third-order valence-electron chi connectivity index (χ3n) is 4.05. The molecule has 0 heterocycles. The lowest BCUT2D eigenvalue weighted by Crippen LogP contribution is -2.23. The zero-order valence-corrected chi connectivity index (χ0v) is 15.4. The average molecular weight is 396 g/mol. The number of amides is 1. The lowest BCUT2D eigenvalue weighted by Gasteiger charge is -2.11. The normalized spacial score (nSPS) is 10.3. The molecule has 3 aromatic carbocycles. The van der Waals surface area contributed by atoms with Crippen molar-refractivity contribution in [2.75, 3.05) is 7.11 Å². The molecular formula is C21H17FN2O5. The largest absolute Gasteiger partial charge is 0.496 e. The van der Waals surface area contributed by atoms with Crippen molar-refractivity contribution in [3.05, 3.63) is 93.8 Å². The predicted octanol–water partition coefficient (Wildman–Crippen LogP) is 4.46. The summed E-state index contributed by atoms with van der Waals surface area (Å²) in [7, 11) is 1.54. The van der Waals surface area contributed by atoms with Gasteiger partial charge in [0.05, 0.1) is 12.0 Å². The van der Waals surface area contributed by atoms with E-state index in [4.69, 9.17) is 9.47 Å². The third-order valence-corrected chi connectivity index (χ3v) is 4.05. The SMILES string of the molecule is COc1ccccc1CNC(=O)c1cc(F)cc(Oc2ccc([N+](=O)[O-])cc2)c1. The zero-order chi connectivity index (χ0) is 20.8. The van der Waals surface area contributed by atoms with Gasteiger partial charge >= 0.3 is 0 Å². The molecule has 0 aromatic heterocycles. The Kier molecular flexibility index (Phi) is 6.03. The summed E-state index contributed by atoms with van der Waals surface area (Å²) in [6.07, 6.45) is 0. The van der Waals surface area contributed by atoms with Crippen LogP contribution in [0.5, 0.6) is 17.2 Å². The minimum atomic E-state index is -0.646. The van der Waals surface area contributed by atoms with Crippen molar-refractivity contribution in [2.24, 2.45) is 0 Å². The van der Waals surface area contributed by atoms with Crippen LogP contribution in [0.15, 0.2) is 66.7 Å². The monoisotopic (exact) mass is 396 g/mol. The van der Waals surface area contributed by atoms with Crippen molar-refractivity contribution in [1.82, 2.24) is 5.32 Å². The molecule has 0 aliphatic rings. The molecule has 0 fully saturated rings. The van der Waals surface area contributed by atoms with E-state index >= 15 is 0 Å². The highest BCUT2D eigenvalue weighted by Gasteiger charge is 2.12. The fraction of sp³-hybridized carbons (Fsp3) is 0.0952. The van der Waals surface area contributed by atoms with Gasteiger partial charge in [-0.1, -0.05) is 18.2 Å². The molecule has 0 saturated carbocycles. The maximum atomic E-state index is 14.0. The summed E-state index contributed by atoms with van der Waals surface area (Å²) in [6, 6.07) is 16.2. The smallest absolute Gasteiger partial charge is 0.269 e. The molecule has 1 N–H and O–H groups in total. The van der Waals surface area contributed by atoms with Gasteiger partial charge in [0.2, 0.25) is 0 Å². The lowest BCUT2D eigenvalue weighted by molar-refractivity contribution is -0.384. The molecule has 0 aliphatic heterocycles. The number of non-ortho nitro benzene ring substituents is 1. The molecule has 0 atom stereocenters. The summed E-state index contributed by atoms with van der Waals surface area (Å²) in [5.41, 5.74) is 0.770. The van der Waals surface area contributed by atoms with Crippen LogP contribution in [-0.2, 0) is 6.54 Å². The molecule has 1 amide bonds. The number of methoxy groups -OCH3 is 1. The van der Waals surface area contributed by atoms with Crippen molar-refractivity contribution in [3.8, 4) is 17.2 Å². The first-order chi connectivity index (χ1) is 14.0. The van der Waals surface area contributed by atoms with Crippen LogP contribution in [0.2, 0.25) is 0 Å². The number of nitrogens with one attached hydrogen (secondary N) is 1. The van der Waals surface area contributed by atoms with Crippen LogP contribution < -0.4 is 14.8 Å². The van der Waals surface area contributed by atoms with Crippen LogP contribution in [0, 0.1) is 15.9 Å². The van der Waals surface area contributed by atoms with Crippen molar-refractivity contribution >= 4 is 11.6 Å². The maximum absolute atomic E-state index is 14.0. The van der Waals surface area contributed by atoms with E-state index in [-0.39, 0.29) is 29.3 Å². The summed E-state index contributed by atoms with van der Waals surface area (Å²) in [6.45, 7) is 0.206. The first kappa shape index (κ1) is 19.8. The number of nitro groups is 1. The molecule has 0 spiro atoms. The Morgan fingerprint density at radius 1 is 1.07 bits per heavy atom. The van der Waals surface area contributed by atoms with E-state index in [0.29, 0.717) is 5.75 Å². The number of halogens is 1. The Hall–Kier alpha value is -3.94. The highest BCUT2D eigenvalue weighted by Crippen LogP contribution is 2.26. The highest BCUT2D eigenvalue weighted by atomic mass is 19.1. The van der Waals surface area contributed by atoms with Gasteiger partial charge in [0.1, 0.15) is 23.1 Å². The third kappa shape index (κ3) is 5.07. The van der Waals surface area contributed by atoms with Gasteiger partial charge in [-0.3, -0.25) is 14.9 Å². The first-order valence-electron chi connectivity index (χ1n) is 8.59. The quantitative estimate of drug-likeness (QED) is 0.470. The molecule has 8 heteroatoms. The van der Waals surface area contributed by atoms with E-state index in [1.807, 2.05) is 18.2 Å². The number of ether oxygens (including phenoxy) is 2. The van der Waals surface area contributed by atoms with Crippen molar-refractivity contribution < 1.29 is 23.6 Å². The van der Waals surface area contributed by atoms with Gasteiger partial charge in [0, 0.05) is 35.9 Å². The fourth-order valence-corrected chi connectivity index (χ4v) is 2.65. The minimum absolute atomic E-state index is 0.0804. The van der Waals surface area contributed by atoms with Gasteiger partial charge in [-0.2, -0.15) is 0 Å². The van der Waals surface area contributed by atoms with Crippen LogP contribution in [-0.4, -0.2) is 17.9 Å². The van der Waals surface area contributed by atoms with E-state index in [9.17, 15) is 19.3 Å². The molecule has 0 unspecified atom stereocenters. The van der Waals surface area contributed by atoms with Gasteiger partial charge in [-0.15, -0.1) is 0 Å². The number of carbonyl (C=O) groups excluding carboxylic acids is 1.